The summed E-state index contributed by atoms with van der Waals surface area (Å²) >= 11 is 0. The SMILES string of the molecule is CCNc1ccnc(CN(C)CCC(C)C)c1. The van der Waals surface area contributed by atoms with Gasteiger partial charge >= 0.3 is 0 Å². The lowest BCUT2D eigenvalue weighted by Crippen LogP contribution is -2.21. The normalized spacial score (nSPS) is 11.2. The zero-order valence-corrected chi connectivity index (χ0v) is 11.5. The number of nitrogens with zero attached hydrogens (tertiary/aromatic N) is 2. The number of anilines is 1. The van der Waals surface area contributed by atoms with Crippen LogP contribution in [-0.4, -0.2) is 30.0 Å². The fourth-order valence-corrected chi connectivity index (χ4v) is 1.71. The molecule has 1 rings (SSSR count). The zero-order chi connectivity index (χ0) is 12.7. The summed E-state index contributed by atoms with van der Waals surface area (Å²) in [6, 6.07) is 4.15. The van der Waals surface area contributed by atoms with E-state index in [0.29, 0.717) is 0 Å². The second-order valence-electron chi connectivity index (χ2n) is 4.99. The molecule has 0 atom stereocenters. The second-order valence-corrected chi connectivity index (χ2v) is 4.99. The minimum absolute atomic E-state index is 0.763. The maximum atomic E-state index is 4.41. The number of rotatable bonds is 7. The summed E-state index contributed by atoms with van der Waals surface area (Å²) in [7, 11) is 2.16. The molecule has 0 aromatic carbocycles. The van der Waals surface area contributed by atoms with Gasteiger partial charge < -0.3 is 10.2 Å². The highest BCUT2D eigenvalue weighted by atomic mass is 15.1. The molecule has 17 heavy (non-hydrogen) atoms. The van der Waals surface area contributed by atoms with Gasteiger partial charge in [0.1, 0.15) is 0 Å². The molecule has 1 heterocycles. The van der Waals surface area contributed by atoms with E-state index in [1.165, 1.54) is 6.42 Å². The summed E-state index contributed by atoms with van der Waals surface area (Å²) in [6.07, 6.45) is 3.12. The Bertz CT molecular complexity index is 323. The molecule has 0 spiro atoms. The van der Waals surface area contributed by atoms with Crippen molar-refractivity contribution in [2.24, 2.45) is 5.92 Å². The quantitative estimate of drug-likeness (QED) is 0.787. The van der Waals surface area contributed by atoms with Crippen molar-refractivity contribution in [3.05, 3.63) is 24.0 Å². The summed E-state index contributed by atoms with van der Waals surface area (Å²) in [6.45, 7) is 9.63. The Morgan fingerprint density at radius 2 is 2.18 bits per heavy atom. The summed E-state index contributed by atoms with van der Waals surface area (Å²) in [5.41, 5.74) is 2.30. The Labute approximate surface area is 105 Å². The van der Waals surface area contributed by atoms with Crippen LogP contribution in [0, 0.1) is 5.92 Å². The van der Waals surface area contributed by atoms with Gasteiger partial charge in [-0.2, -0.15) is 0 Å². The molecular weight excluding hydrogens is 210 g/mol. The third-order valence-corrected chi connectivity index (χ3v) is 2.72. The average molecular weight is 235 g/mol. The number of hydrogen-bond donors (Lipinski definition) is 1. The lowest BCUT2D eigenvalue weighted by Gasteiger charge is -2.17. The Hall–Kier alpha value is -1.09. The van der Waals surface area contributed by atoms with Gasteiger partial charge in [-0.15, -0.1) is 0 Å². The molecule has 3 heteroatoms. The molecule has 0 saturated carbocycles. The van der Waals surface area contributed by atoms with Gasteiger partial charge in [0.15, 0.2) is 0 Å². The number of hydrogen-bond acceptors (Lipinski definition) is 3. The number of pyridine rings is 1. The highest BCUT2D eigenvalue weighted by Gasteiger charge is 2.03. The van der Waals surface area contributed by atoms with E-state index in [1.807, 2.05) is 12.3 Å². The van der Waals surface area contributed by atoms with Crippen LogP contribution >= 0.6 is 0 Å². The molecule has 96 valence electrons. The minimum Gasteiger partial charge on any atom is -0.385 e. The van der Waals surface area contributed by atoms with Crippen molar-refractivity contribution in [3.8, 4) is 0 Å². The Kier molecular flexibility index (Phi) is 5.98. The van der Waals surface area contributed by atoms with Crippen molar-refractivity contribution < 1.29 is 0 Å². The number of aromatic nitrogens is 1. The molecule has 0 bridgehead atoms. The molecule has 0 fully saturated rings. The van der Waals surface area contributed by atoms with E-state index in [9.17, 15) is 0 Å². The van der Waals surface area contributed by atoms with E-state index in [0.717, 1.165) is 36.9 Å². The van der Waals surface area contributed by atoms with Crippen LogP contribution in [0.15, 0.2) is 18.3 Å². The van der Waals surface area contributed by atoms with Crippen LogP contribution in [0.25, 0.3) is 0 Å². The van der Waals surface area contributed by atoms with Crippen LogP contribution in [0.5, 0.6) is 0 Å². The van der Waals surface area contributed by atoms with Crippen LogP contribution in [0.1, 0.15) is 32.9 Å². The van der Waals surface area contributed by atoms with Crippen LogP contribution < -0.4 is 5.32 Å². The molecule has 0 unspecified atom stereocenters. The summed E-state index contributed by atoms with van der Waals surface area (Å²) in [5.74, 6) is 0.763. The van der Waals surface area contributed by atoms with E-state index >= 15 is 0 Å². The van der Waals surface area contributed by atoms with Gasteiger partial charge in [-0.05, 0) is 45.0 Å². The van der Waals surface area contributed by atoms with Crippen LogP contribution in [0.3, 0.4) is 0 Å². The van der Waals surface area contributed by atoms with Crippen molar-refractivity contribution >= 4 is 5.69 Å². The van der Waals surface area contributed by atoms with Crippen molar-refractivity contribution in [1.29, 1.82) is 0 Å². The lowest BCUT2D eigenvalue weighted by atomic mass is 10.1. The highest BCUT2D eigenvalue weighted by molar-refractivity contribution is 5.42. The second kappa shape index (κ2) is 7.28. The smallest absolute Gasteiger partial charge is 0.0564 e. The first-order chi connectivity index (χ1) is 8.11. The van der Waals surface area contributed by atoms with Crippen LogP contribution in [-0.2, 0) is 6.54 Å². The molecular formula is C14H25N3. The fraction of sp³-hybridized carbons (Fsp3) is 0.643. The molecule has 1 aromatic heterocycles. The van der Waals surface area contributed by atoms with E-state index in [2.05, 4.69) is 49.1 Å². The lowest BCUT2D eigenvalue weighted by molar-refractivity contribution is 0.300. The molecule has 0 amide bonds. The van der Waals surface area contributed by atoms with Crippen LogP contribution in [0.4, 0.5) is 5.69 Å². The van der Waals surface area contributed by atoms with Gasteiger partial charge in [-0.1, -0.05) is 13.8 Å². The number of nitrogens with one attached hydrogen (secondary N) is 1. The Balaban J connectivity index is 2.46. The predicted molar refractivity (Wildman–Crippen MR) is 74.2 cm³/mol. The third-order valence-electron chi connectivity index (χ3n) is 2.72. The Morgan fingerprint density at radius 1 is 1.41 bits per heavy atom. The van der Waals surface area contributed by atoms with Crippen molar-refractivity contribution in [3.63, 3.8) is 0 Å². The summed E-state index contributed by atoms with van der Waals surface area (Å²) < 4.78 is 0. The van der Waals surface area contributed by atoms with Gasteiger partial charge in [0.25, 0.3) is 0 Å². The van der Waals surface area contributed by atoms with Crippen molar-refractivity contribution in [2.75, 3.05) is 25.5 Å². The van der Waals surface area contributed by atoms with Gasteiger partial charge in [0.2, 0.25) is 0 Å². The standard InChI is InChI=1S/C14H25N3/c1-5-15-13-6-8-16-14(10-13)11-17(4)9-7-12(2)3/h6,8,10,12H,5,7,9,11H2,1-4H3,(H,15,16). The van der Waals surface area contributed by atoms with Gasteiger partial charge in [0, 0.05) is 25.0 Å². The monoisotopic (exact) mass is 235 g/mol. The fourth-order valence-electron chi connectivity index (χ4n) is 1.71. The van der Waals surface area contributed by atoms with E-state index in [-0.39, 0.29) is 0 Å². The molecule has 0 aliphatic carbocycles. The first-order valence-corrected chi connectivity index (χ1v) is 6.49. The third kappa shape index (κ3) is 5.68. The first kappa shape index (κ1) is 14.0. The summed E-state index contributed by atoms with van der Waals surface area (Å²) in [5, 5.41) is 3.31. The Morgan fingerprint density at radius 3 is 2.82 bits per heavy atom. The topological polar surface area (TPSA) is 28.2 Å². The highest BCUT2D eigenvalue weighted by Crippen LogP contribution is 2.10. The van der Waals surface area contributed by atoms with Crippen LogP contribution in [0.2, 0.25) is 0 Å². The van der Waals surface area contributed by atoms with E-state index in [1.54, 1.807) is 0 Å². The predicted octanol–water partition coefficient (Wildman–Crippen LogP) is 2.99. The zero-order valence-electron chi connectivity index (χ0n) is 11.5. The maximum Gasteiger partial charge on any atom is 0.0564 e. The van der Waals surface area contributed by atoms with Gasteiger partial charge in [-0.25, -0.2) is 0 Å². The molecule has 1 aromatic rings. The van der Waals surface area contributed by atoms with E-state index in [4.69, 9.17) is 0 Å². The molecule has 3 nitrogen and oxygen atoms in total. The average Bonchev–Trinajstić information content (AvgIpc) is 2.27. The van der Waals surface area contributed by atoms with Crippen molar-refractivity contribution in [1.82, 2.24) is 9.88 Å². The van der Waals surface area contributed by atoms with Crippen molar-refractivity contribution in [2.45, 2.75) is 33.7 Å². The van der Waals surface area contributed by atoms with Gasteiger partial charge in [-0.3, -0.25) is 4.98 Å². The first-order valence-electron chi connectivity index (χ1n) is 6.49. The minimum atomic E-state index is 0.763. The van der Waals surface area contributed by atoms with E-state index < -0.39 is 0 Å². The molecule has 0 aliphatic heterocycles. The summed E-state index contributed by atoms with van der Waals surface area (Å²) in [4.78, 5) is 6.74. The molecule has 1 N–H and O–H groups in total. The maximum absolute atomic E-state index is 4.41. The molecule has 0 radical (unpaired) electrons. The largest absolute Gasteiger partial charge is 0.385 e. The molecule has 0 saturated heterocycles. The van der Waals surface area contributed by atoms with Gasteiger partial charge in [0.05, 0.1) is 5.69 Å². The molecule has 0 aliphatic rings.